The molecule has 0 aliphatic carbocycles. The molecule has 126 valence electrons. The number of nitrogens with one attached hydrogen (secondary N) is 1. The third kappa shape index (κ3) is 4.33. The van der Waals surface area contributed by atoms with Gasteiger partial charge in [0, 0.05) is 11.5 Å². The molecule has 1 amide bonds. The topological polar surface area (TPSA) is 72.9 Å². The van der Waals surface area contributed by atoms with Crippen molar-refractivity contribution in [2.75, 3.05) is 5.32 Å². The van der Waals surface area contributed by atoms with Crippen molar-refractivity contribution in [2.24, 2.45) is 5.73 Å². The number of nitrogens with zero attached hydrogens (tertiary/aromatic N) is 2. The molecule has 1 aromatic heterocycles. The van der Waals surface area contributed by atoms with Crippen molar-refractivity contribution in [1.82, 2.24) is 9.78 Å². The lowest BCUT2D eigenvalue weighted by atomic mass is 9.92. The normalized spacial score (nSPS) is 12.4. The standard InChI is InChI=1S/C17H24N4O.ClH/c1-11-8-6-7-9-13(11)21-15(19-16(22)12(2)18)10-14(20-21)17(3,4)5;/h6-10,12H,18H2,1-5H3,(H,19,22);1H/t12-;/m0./s1. The molecule has 23 heavy (non-hydrogen) atoms. The maximum atomic E-state index is 12.0. The van der Waals surface area contributed by atoms with E-state index in [1.165, 1.54) is 0 Å². The van der Waals surface area contributed by atoms with Crippen LogP contribution in [0.1, 0.15) is 39.0 Å². The third-order valence-corrected chi connectivity index (χ3v) is 3.49. The van der Waals surface area contributed by atoms with Crippen molar-refractivity contribution in [1.29, 1.82) is 0 Å². The van der Waals surface area contributed by atoms with Crippen LogP contribution in [0.4, 0.5) is 5.82 Å². The Bertz CT molecular complexity index is 686. The first-order valence-electron chi connectivity index (χ1n) is 7.43. The molecular weight excluding hydrogens is 312 g/mol. The summed E-state index contributed by atoms with van der Waals surface area (Å²) >= 11 is 0. The Kier molecular flexibility index (Phi) is 5.97. The first kappa shape index (κ1) is 19.2. The van der Waals surface area contributed by atoms with Crippen LogP contribution in [0.2, 0.25) is 0 Å². The lowest BCUT2D eigenvalue weighted by molar-refractivity contribution is -0.117. The Labute approximate surface area is 143 Å². The summed E-state index contributed by atoms with van der Waals surface area (Å²) in [5, 5.41) is 7.55. The number of anilines is 1. The molecule has 0 radical (unpaired) electrons. The molecule has 0 aliphatic heterocycles. The molecule has 0 spiro atoms. The van der Waals surface area contributed by atoms with Gasteiger partial charge in [0.1, 0.15) is 5.82 Å². The zero-order chi connectivity index (χ0) is 16.5. The van der Waals surface area contributed by atoms with Crippen LogP contribution in [0, 0.1) is 6.92 Å². The number of rotatable bonds is 3. The number of halogens is 1. The second-order valence-corrected chi connectivity index (χ2v) is 6.64. The van der Waals surface area contributed by atoms with Gasteiger partial charge < -0.3 is 11.1 Å². The van der Waals surface area contributed by atoms with E-state index in [4.69, 9.17) is 5.73 Å². The van der Waals surface area contributed by atoms with E-state index < -0.39 is 6.04 Å². The van der Waals surface area contributed by atoms with E-state index in [0.717, 1.165) is 16.9 Å². The van der Waals surface area contributed by atoms with Gasteiger partial charge in [-0.3, -0.25) is 4.79 Å². The number of hydrogen-bond donors (Lipinski definition) is 2. The maximum Gasteiger partial charge on any atom is 0.242 e. The van der Waals surface area contributed by atoms with E-state index in [9.17, 15) is 4.79 Å². The van der Waals surface area contributed by atoms with E-state index in [1.54, 1.807) is 11.6 Å². The van der Waals surface area contributed by atoms with E-state index in [0.29, 0.717) is 5.82 Å². The van der Waals surface area contributed by atoms with Crippen LogP contribution < -0.4 is 11.1 Å². The lowest BCUT2D eigenvalue weighted by Gasteiger charge is -2.14. The van der Waals surface area contributed by atoms with Gasteiger partial charge >= 0.3 is 0 Å². The van der Waals surface area contributed by atoms with Crippen molar-refractivity contribution in [3.05, 3.63) is 41.6 Å². The monoisotopic (exact) mass is 336 g/mol. The van der Waals surface area contributed by atoms with Crippen LogP contribution in [-0.2, 0) is 10.2 Å². The molecule has 0 saturated heterocycles. The van der Waals surface area contributed by atoms with Crippen molar-refractivity contribution < 1.29 is 4.79 Å². The molecule has 5 nitrogen and oxygen atoms in total. The lowest BCUT2D eigenvalue weighted by Crippen LogP contribution is -2.33. The smallest absolute Gasteiger partial charge is 0.242 e. The van der Waals surface area contributed by atoms with Gasteiger partial charge in [0.05, 0.1) is 17.4 Å². The number of para-hydroxylation sites is 1. The Balaban J connectivity index is 0.00000264. The van der Waals surface area contributed by atoms with E-state index in [2.05, 4.69) is 31.2 Å². The van der Waals surface area contributed by atoms with Crippen molar-refractivity contribution in [2.45, 2.75) is 46.1 Å². The fourth-order valence-corrected chi connectivity index (χ4v) is 2.06. The molecule has 0 aliphatic rings. The number of hydrogen-bond acceptors (Lipinski definition) is 3. The molecule has 1 aromatic carbocycles. The predicted octanol–water partition coefficient (Wildman–Crippen LogP) is 3.19. The van der Waals surface area contributed by atoms with Crippen LogP contribution >= 0.6 is 12.4 Å². The second-order valence-electron chi connectivity index (χ2n) is 6.64. The molecule has 6 heteroatoms. The summed E-state index contributed by atoms with van der Waals surface area (Å²) < 4.78 is 1.77. The molecule has 1 heterocycles. The molecule has 1 atom stereocenters. The highest BCUT2D eigenvalue weighted by molar-refractivity contribution is 5.94. The SMILES string of the molecule is Cc1ccccc1-n1nc(C(C)(C)C)cc1NC(=O)[C@H](C)N.Cl. The number of amides is 1. The quantitative estimate of drug-likeness (QED) is 0.904. The minimum atomic E-state index is -0.571. The summed E-state index contributed by atoms with van der Waals surface area (Å²) in [7, 11) is 0. The summed E-state index contributed by atoms with van der Waals surface area (Å²) in [6.45, 7) is 9.96. The molecule has 0 fully saturated rings. The van der Waals surface area contributed by atoms with E-state index in [-0.39, 0.29) is 23.7 Å². The van der Waals surface area contributed by atoms with Crippen LogP contribution in [0.15, 0.2) is 30.3 Å². The summed E-state index contributed by atoms with van der Waals surface area (Å²) in [6.07, 6.45) is 0. The number of nitrogens with two attached hydrogens (primary N) is 1. The van der Waals surface area contributed by atoms with Gasteiger partial charge in [0.2, 0.25) is 5.91 Å². The fraction of sp³-hybridized carbons (Fsp3) is 0.412. The van der Waals surface area contributed by atoms with Gasteiger partial charge in [-0.05, 0) is 25.5 Å². The highest BCUT2D eigenvalue weighted by atomic mass is 35.5. The van der Waals surface area contributed by atoms with Gasteiger partial charge in [0.25, 0.3) is 0 Å². The first-order chi connectivity index (χ1) is 10.2. The van der Waals surface area contributed by atoms with E-state index in [1.807, 2.05) is 37.3 Å². The zero-order valence-electron chi connectivity index (χ0n) is 14.3. The highest BCUT2D eigenvalue weighted by Crippen LogP contribution is 2.27. The highest BCUT2D eigenvalue weighted by Gasteiger charge is 2.22. The van der Waals surface area contributed by atoms with Gasteiger partial charge in [0.15, 0.2) is 0 Å². The van der Waals surface area contributed by atoms with Crippen molar-refractivity contribution in [3.63, 3.8) is 0 Å². The summed E-state index contributed by atoms with van der Waals surface area (Å²) in [5.74, 6) is 0.414. The average Bonchev–Trinajstić information content (AvgIpc) is 2.83. The molecule has 3 N–H and O–H groups in total. The Morgan fingerprint density at radius 2 is 1.91 bits per heavy atom. The predicted molar refractivity (Wildman–Crippen MR) is 96.5 cm³/mol. The zero-order valence-corrected chi connectivity index (χ0v) is 15.1. The molecule has 0 bridgehead atoms. The maximum absolute atomic E-state index is 12.0. The fourth-order valence-electron chi connectivity index (χ4n) is 2.06. The number of carbonyl (C=O) groups excluding carboxylic acids is 1. The largest absolute Gasteiger partial charge is 0.320 e. The van der Waals surface area contributed by atoms with Crippen molar-refractivity contribution in [3.8, 4) is 5.69 Å². The number of benzene rings is 1. The average molecular weight is 337 g/mol. The minimum Gasteiger partial charge on any atom is -0.320 e. The van der Waals surface area contributed by atoms with Gasteiger partial charge in [-0.25, -0.2) is 4.68 Å². The summed E-state index contributed by atoms with van der Waals surface area (Å²) in [5.41, 5.74) is 8.48. The van der Waals surface area contributed by atoms with Crippen LogP contribution in [0.25, 0.3) is 5.69 Å². The van der Waals surface area contributed by atoms with Crippen LogP contribution in [0.3, 0.4) is 0 Å². The van der Waals surface area contributed by atoms with Crippen molar-refractivity contribution >= 4 is 24.1 Å². The van der Waals surface area contributed by atoms with Crippen LogP contribution in [0.5, 0.6) is 0 Å². The van der Waals surface area contributed by atoms with Gasteiger partial charge in [-0.2, -0.15) is 5.10 Å². The number of aromatic nitrogens is 2. The molecule has 2 rings (SSSR count). The Hall–Kier alpha value is -1.85. The molecule has 2 aromatic rings. The summed E-state index contributed by atoms with van der Waals surface area (Å²) in [4.78, 5) is 12.0. The minimum absolute atomic E-state index is 0. The number of aryl methyl sites for hydroxylation is 1. The molecule has 0 unspecified atom stereocenters. The first-order valence-corrected chi connectivity index (χ1v) is 7.43. The van der Waals surface area contributed by atoms with E-state index >= 15 is 0 Å². The Morgan fingerprint density at radius 3 is 2.43 bits per heavy atom. The van der Waals surface area contributed by atoms with Gasteiger partial charge in [-0.1, -0.05) is 39.0 Å². The number of carbonyl (C=O) groups is 1. The summed E-state index contributed by atoms with van der Waals surface area (Å²) in [6, 6.07) is 9.28. The van der Waals surface area contributed by atoms with Crippen LogP contribution in [-0.4, -0.2) is 21.7 Å². The second kappa shape index (κ2) is 7.15. The van der Waals surface area contributed by atoms with Gasteiger partial charge in [-0.15, -0.1) is 12.4 Å². The Morgan fingerprint density at radius 1 is 1.30 bits per heavy atom. The third-order valence-electron chi connectivity index (χ3n) is 3.49. The molecular formula is C17H25ClN4O. The molecule has 0 saturated carbocycles.